The molecule has 0 aromatic heterocycles. The maximum absolute atomic E-state index is 8.97. The predicted molar refractivity (Wildman–Crippen MR) is 77.7 cm³/mol. The Labute approximate surface area is 116 Å². The van der Waals surface area contributed by atoms with E-state index in [2.05, 4.69) is 37.4 Å². The molecule has 0 fully saturated rings. The van der Waals surface area contributed by atoms with Crippen molar-refractivity contribution in [2.75, 3.05) is 19.7 Å². The molecule has 106 valence electrons. The minimum absolute atomic E-state index is 0.253. The van der Waals surface area contributed by atoms with E-state index in [1.165, 1.54) is 11.1 Å². The molecule has 0 saturated heterocycles. The first-order chi connectivity index (χ1) is 9.22. The minimum atomic E-state index is 0.253. The third kappa shape index (κ3) is 3.95. The van der Waals surface area contributed by atoms with E-state index in [0.29, 0.717) is 5.92 Å². The molecule has 1 aliphatic heterocycles. The number of nitrogens with one attached hydrogen (secondary N) is 1. The molecule has 3 heteroatoms. The van der Waals surface area contributed by atoms with Gasteiger partial charge in [0.05, 0.1) is 0 Å². The molecule has 0 amide bonds. The normalized spacial score (nSPS) is 19.0. The molecule has 3 nitrogen and oxygen atoms in total. The van der Waals surface area contributed by atoms with Crippen LogP contribution < -0.4 is 10.1 Å². The van der Waals surface area contributed by atoms with Crippen molar-refractivity contribution in [3.63, 3.8) is 0 Å². The van der Waals surface area contributed by atoms with E-state index in [-0.39, 0.29) is 12.7 Å². The molecule has 0 radical (unpaired) electrons. The summed E-state index contributed by atoms with van der Waals surface area (Å²) in [7, 11) is 0. The number of aryl methyl sites for hydroxylation is 1. The molecule has 0 aliphatic carbocycles. The number of hydrogen-bond donors (Lipinski definition) is 2. The Balaban J connectivity index is 1.75. The standard InChI is InChI=1S/C16H25NO2/c1-3-13(6-7-18)10-17-11-15-9-14-8-12(2)4-5-16(14)19-15/h4-5,8,13,15,17-18H,3,6-7,9-11H2,1-2H3. The van der Waals surface area contributed by atoms with Gasteiger partial charge < -0.3 is 15.2 Å². The zero-order valence-electron chi connectivity index (χ0n) is 12.0. The van der Waals surface area contributed by atoms with Gasteiger partial charge in [-0.1, -0.05) is 31.0 Å². The maximum atomic E-state index is 8.97. The summed E-state index contributed by atoms with van der Waals surface area (Å²) in [4.78, 5) is 0. The highest BCUT2D eigenvalue weighted by atomic mass is 16.5. The van der Waals surface area contributed by atoms with Crippen LogP contribution in [-0.4, -0.2) is 30.9 Å². The number of benzene rings is 1. The second-order valence-electron chi connectivity index (χ2n) is 5.50. The van der Waals surface area contributed by atoms with Gasteiger partial charge >= 0.3 is 0 Å². The molecule has 2 rings (SSSR count). The lowest BCUT2D eigenvalue weighted by molar-refractivity contribution is 0.217. The average Bonchev–Trinajstić information content (AvgIpc) is 2.79. The molecule has 0 bridgehead atoms. The number of hydrogen-bond acceptors (Lipinski definition) is 3. The lowest BCUT2D eigenvalue weighted by atomic mass is 10.0. The van der Waals surface area contributed by atoms with Gasteiger partial charge in [0.2, 0.25) is 0 Å². The number of ether oxygens (including phenoxy) is 1. The van der Waals surface area contributed by atoms with Crippen LogP contribution in [0.1, 0.15) is 30.9 Å². The van der Waals surface area contributed by atoms with E-state index in [1.807, 2.05) is 0 Å². The minimum Gasteiger partial charge on any atom is -0.488 e. The Kier molecular flexibility index (Phi) is 5.23. The third-order valence-electron chi connectivity index (χ3n) is 3.88. The zero-order valence-corrected chi connectivity index (χ0v) is 12.0. The molecule has 2 atom stereocenters. The molecule has 2 unspecified atom stereocenters. The van der Waals surface area contributed by atoms with Gasteiger partial charge in [0.15, 0.2) is 0 Å². The van der Waals surface area contributed by atoms with E-state index in [4.69, 9.17) is 9.84 Å². The van der Waals surface area contributed by atoms with Crippen molar-refractivity contribution < 1.29 is 9.84 Å². The van der Waals surface area contributed by atoms with Gasteiger partial charge in [-0.2, -0.15) is 0 Å². The predicted octanol–water partition coefficient (Wildman–Crippen LogP) is 2.30. The van der Waals surface area contributed by atoms with Gasteiger partial charge in [-0.05, 0) is 37.4 Å². The summed E-state index contributed by atoms with van der Waals surface area (Å²) >= 11 is 0. The highest BCUT2D eigenvalue weighted by Gasteiger charge is 2.22. The number of fused-ring (bicyclic) bond motifs is 1. The summed E-state index contributed by atoms with van der Waals surface area (Å²) in [5, 5.41) is 12.4. The summed E-state index contributed by atoms with van der Waals surface area (Å²) in [5.41, 5.74) is 2.62. The fraction of sp³-hybridized carbons (Fsp3) is 0.625. The number of rotatable bonds is 7. The molecule has 2 N–H and O–H groups in total. The first-order valence-corrected chi connectivity index (χ1v) is 7.30. The highest BCUT2D eigenvalue weighted by molar-refractivity contribution is 5.40. The fourth-order valence-corrected chi connectivity index (χ4v) is 2.64. The van der Waals surface area contributed by atoms with E-state index in [0.717, 1.165) is 38.1 Å². The van der Waals surface area contributed by atoms with Gasteiger partial charge in [-0.25, -0.2) is 0 Å². The molecule has 1 aliphatic rings. The molecule has 0 spiro atoms. The van der Waals surface area contributed by atoms with Crippen LogP contribution in [0.5, 0.6) is 5.75 Å². The van der Waals surface area contributed by atoms with Crippen LogP contribution in [0.25, 0.3) is 0 Å². The van der Waals surface area contributed by atoms with Crippen LogP contribution in [0.4, 0.5) is 0 Å². The molecule has 1 aromatic rings. The summed E-state index contributed by atoms with van der Waals surface area (Å²) in [6.07, 6.45) is 3.25. The Morgan fingerprint density at radius 2 is 2.32 bits per heavy atom. The van der Waals surface area contributed by atoms with Crippen molar-refractivity contribution in [2.24, 2.45) is 5.92 Å². The Morgan fingerprint density at radius 1 is 1.47 bits per heavy atom. The Morgan fingerprint density at radius 3 is 3.05 bits per heavy atom. The van der Waals surface area contributed by atoms with Crippen molar-refractivity contribution in [1.82, 2.24) is 5.32 Å². The smallest absolute Gasteiger partial charge is 0.123 e. The Hall–Kier alpha value is -1.06. The summed E-state index contributed by atoms with van der Waals surface area (Å²) < 4.78 is 5.93. The monoisotopic (exact) mass is 263 g/mol. The van der Waals surface area contributed by atoms with Crippen molar-refractivity contribution in [3.05, 3.63) is 29.3 Å². The largest absolute Gasteiger partial charge is 0.488 e. The molecule has 1 aromatic carbocycles. The maximum Gasteiger partial charge on any atom is 0.123 e. The van der Waals surface area contributed by atoms with Crippen molar-refractivity contribution >= 4 is 0 Å². The van der Waals surface area contributed by atoms with Gasteiger partial charge in [-0.15, -0.1) is 0 Å². The summed E-state index contributed by atoms with van der Waals surface area (Å²) in [6.45, 7) is 6.42. The van der Waals surface area contributed by atoms with Crippen LogP contribution in [0, 0.1) is 12.8 Å². The molecule has 19 heavy (non-hydrogen) atoms. The van der Waals surface area contributed by atoms with E-state index < -0.39 is 0 Å². The quantitative estimate of drug-likeness (QED) is 0.793. The Bertz CT molecular complexity index is 406. The van der Waals surface area contributed by atoms with E-state index in [9.17, 15) is 0 Å². The van der Waals surface area contributed by atoms with Gasteiger partial charge in [-0.3, -0.25) is 0 Å². The zero-order chi connectivity index (χ0) is 13.7. The lowest BCUT2D eigenvalue weighted by Gasteiger charge is -2.16. The topological polar surface area (TPSA) is 41.5 Å². The first-order valence-electron chi connectivity index (χ1n) is 7.30. The summed E-state index contributed by atoms with van der Waals surface area (Å²) in [5.74, 6) is 1.61. The molecular formula is C16H25NO2. The number of aliphatic hydroxyl groups excluding tert-OH is 1. The fourth-order valence-electron chi connectivity index (χ4n) is 2.64. The van der Waals surface area contributed by atoms with E-state index >= 15 is 0 Å². The highest BCUT2D eigenvalue weighted by Crippen LogP contribution is 2.29. The molecular weight excluding hydrogens is 238 g/mol. The molecule has 0 saturated carbocycles. The third-order valence-corrected chi connectivity index (χ3v) is 3.88. The SMILES string of the molecule is CCC(CCO)CNCC1Cc2cc(C)ccc2O1. The van der Waals surface area contributed by atoms with Crippen molar-refractivity contribution in [1.29, 1.82) is 0 Å². The molecule has 1 heterocycles. The van der Waals surface area contributed by atoms with E-state index in [1.54, 1.807) is 0 Å². The van der Waals surface area contributed by atoms with Crippen LogP contribution in [0.15, 0.2) is 18.2 Å². The number of aliphatic hydroxyl groups is 1. The van der Waals surface area contributed by atoms with Gasteiger partial charge in [0, 0.05) is 19.6 Å². The first kappa shape index (κ1) is 14.4. The second kappa shape index (κ2) is 6.92. The van der Waals surface area contributed by atoms with Crippen molar-refractivity contribution in [3.8, 4) is 5.75 Å². The second-order valence-corrected chi connectivity index (χ2v) is 5.50. The van der Waals surface area contributed by atoms with Crippen LogP contribution in [-0.2, 0) is 6.42 Å². The van der Waals surface area contributed by atoms with Gasteiger partial charge in [0.1, 0.15) is 11.9 Å². The average molecular weight is 263 g/mol. The van der Waals surface area contributed by atoms with Crippen molar-refractivity contribution in [2.45, 2.75) is 39.2 Å². The van der Waals surface area contributed by atoms with Gasteiger partial charge in [0.25, 0.3) is 0 Å². The summed E-state index contributed by atoms with van der Waals surface area (Å²) in [6, 6.07) is 6.39. The van der Waals surface area contributed by atoms with Crippen LogP contribution in [0.3, 0.4) is 0 Å². The lowest BCUT2D eigenvalue weighted by Crippen LogP contribution is -2.33. The van der Waals surface area contributed by atoms with Crippen LogP contribution >= 0.6 is 0 Å². The van der Waals surface area contributed by atoms with Crippen LogP contribution in [0.2, 0.25) is 0 Å².